The highest BCUT2D eigenvalue weighted by molar-refractivity contribution is 5.83. The number of aromatic nitrogens is 3. The minimum atomic E-state index is -5.79. The highest BCUT2D eigenvalue weighted by Gasteiger charge is 2.59. The van der Waals surface area contributed by atoms with Gasteiger partial charge in [-0.2, -0.15) is 27.1 Å². The summed E-state index contributed by atoms with van der Waals surface area (Å²) in [5.74, 6) is -5.13. The number of hydrogen-bond acceptors (Lipinski definition) is 2. The molecular formula is C12H12F5N3O. The third kappa shape index (κ3) is 2.30. The predicted molar refractivity (Wildman–Crippen MR) is 65.4 cm³/mol. The number of pyridine rings is 1. The summed E-state index contributed by atoms with van der Waals surface area (Å²) in [5, 5.41) is 3.55. The number of alkyl halides is 5. The van der Waals surface area contributed by atoms with Crippen molar-refractivity contribution in [2.45, 2.75) is 38.9 Å². The van der Waals surface area contributed by atoms with Gasteiger partial charge in [0.25, 0.3) is 0 Å². The molecule has 0 aromatic carbocycles. The lowest BCUT2D eigenvalue weighted by Crippen LogP contribution is -2.35. The van der Waals surface area contributed by atoms with Gasteiger partial charge < -0.3 is 4.98 Å². The fraction of sp³-hybridized carbons (Fsp3) is 0.500. The summed E-state index contributed by atoms with van der Waals surface area (Å²) in [7, 11) is 0. The van der Waals surface area contributed by atoms with Crippen LogP contribution < -0.4 is 5.56 Å². The van der Waals surface area contributed by atoms with Gasteiger partial charge in [0.1, 0.15) is 5.65 Å². The van der Waals surface area contributed by atoms with Crippen molar-refractivity contribution in [3.05, 3.63) is 27.7 Å². The Kier molecular flexibility index (Phi) is 3.34. The lowest BCUT2D eigenvalue weighted by molar-refractivity contribution is -0.288. The van der Waals surface area contributed by atoms with Crippen LogP contribution in [0.5, 0.6) is 0 Å². The number of hydrogen-bond donors (Lipinski definition) is 1. The van der Waals surface area contributed by atoms with Crippen molar-refractivity contribution in [3.63, 3.8) is 0 Å². The Bertz CT molecular complexity index is 742. The Morgan fingerprint density at radius 3 is 2.29 bits per heavy atom. The largest absolute Gasteiger partial charge is 0.458 e. The van der Waals surface area contributed by atoms with Crippen LogP contribution in [-0.4, -0.2) is 20.9 Å². The summed E-state index contributed by atoms with van der Waals surface area (Å²) < 4.78 is 66.3. The van der Waals surface area contributed by atoms with E-state index in [0.717, 1.165) is 0 Å². The van der Waals surface area contributed by atoms with E-state index in [2.05, 4.69) is 10.1 Å². The maximum Gasteiger partial charge on any atom is 0.458 e. The molecule has 0 amide bonds. The van der Waals surface area contributed by atoms with Gasteiger partial charge in [0.15, 0.2) is 0 Å². The molecule has 2 aromatic rings. The van der Waals surface area contributed by atoms with Crippen molar-refractivity contribution >= 4 is 11.0 Å². The fourth-order valence-electron chi connectivity index (χ4n) is 2.12. The van der Waals surface area contributed by atoms with Crippen LogP contribution in [0, 0.1) is 6.92 Å². The third-order valence-electron chi connectivity index (χ3n) is 3.06. The van der Waals surface area contributed by atoms with E-state index in [0.29, 0.717) is 0 Å². The quantitative estimate of drug-likeness (QED) is 0.866. The summed E-state index contributed by atoms with van der Waals surface area (Å²) in [6, 6.07) is -0.0403. The molecule has 0 atom stereocenters. The molecule has 2 aromatic heterocycles. The lowest BCUT2D eigenvalue weighted by Gasteiger charge is -2.20. The second-order valence-electron chi connectivity index (χ2n) is 4.97. The average molecular weight is 309 g/mol. The van der Waals surface area contributed by atoms with E-state index < -0.39 is 23.2 Å². The van der Waals surface area contributed by atoms with Gasteiger partial charge in [0.05, 0.1) is 5.69 Å². The molecule has 0 bridgehead atoms. The number of rotatable bonds is 2. The Morgan fingerprint density at radius 2 is 1.81 bits per heavy atom. The van der Waals surface area contributed by atoms with Crippen molar-refractivity contribution in [2.75, 3.05) is 0 Å². The Morgan fingerprint density at radius 1 is 1.24 bits per heavy atom. The SMILES string of the molecule is Cc1nn(C(C)C)c2[nH]c(=O)cc(C(F)(F)C(F)(F)F)c12. The number of aryl methyl sites for hydroxylation is 1. The second-order valence-corrected chi connectivity index (χ2v) is 4.97. The number of H-pyrrole nitrogens is 1. The van der Waals surface area contributed by atoms with Gasteiger partial charge in [-0.05, 0) is 20.8 Å². The molecule has 0 unspecified atom stereocenters. The van der Waals surface area contributed by atoms with Gasteiger partial charge in [-0.25, -0.2) is 4.68 Å². The molecule has 0 saturated heterocycles. The standard InChI is InChI=1S/C12H12F5N3O/c1-5(2)20-10-9(6(3)19-20)7(4-8(21)18-10)11(13,14)12(15,16)17/h4-5H,1-3H3,(H,18,21). The van der Waals surface area contributed by atoms with Gasteiger partial charge in [-0.3, -0.25) is 4.79 Å². The summed E-state index contributed by atoms with van der Waals surface area (Å²) >= 11 is 0. The zero-order chi connectivity index (χ0) is 16.2. The average Bonchev–Trinajstić information content (AvgIpc) is 2.64. The van der Waals surface area contributed by atoms with Gasteiger partial charge >= 0.3 is 12.1 Å². The van der Waals surface area contributed by atoms with Crippen molar-refractivity contribution in [1.29, 1.82) is 0 Å². The molecule has 0 fully saturated rings. The summed E-state index contributed by atoms with van der Waals surface area (Å²) in [6.45, 7) is 4.65. The van der Waals surface area contributed by atoms with Gasteiger partial charge in [0, 0.05) is 23.1 Å². The zero-order valence-corrected chi connectivity index (χ0v) is 11.3. The molecule has 0 saturated carbocycles. The number of halogens is 5. The number of nitrogens with zero attached hydrogens (tertiary/aromatic N) is 2. The van der Waals surface area contributed by atoms with Gasteiger partial charge in [-0.15, -0.1) is 0 Å². The first kappa shape index (κ1) is 15.5. The number of aromatic amines is 1. The van der Waals surface area contributed by atoms with Crippen LogP contribution in [0.3, 0.4) is 0 Å². The number of fused-ring (bicyclic) bond motifs is 1. The molecule has 0 aliphatic carbocycles. The molecular weight excluding hydrogens is 297 g/mol. The molecule has 4 nitrogen and oxygen atoms in total. The van der Waals surface area contributed by atoms with Crippen LogP contribution in [0.25, 0.3) is 11.0 Å². The first-order chi connectivity index (χ1) is 9.46. The van der Waals surface area contributed by atoms with Crippen LogP contribution in [0.15, 0.2) is 10.9 Å². The lowest BCUT2D eigenvalue weighted by atomic mass is 10.0. The summed E-state index contributed by atoms with van der Waals surface area (Å²) in [4.78, 5) is 13.7. The molecule has 0 aliphatic heterocycles. The van der Waals surface area contributed by atoms with E-state index in [1.807, 2.05) is 0 Å². The van der Waals surface area contributed by atoms with E-state index in [1.54, 1.807) is 13.8 Å². The van der Waals surface area contributed by atoms with E-state index in [-0.39, 0.29) is 28.8 Å². The van der Waals surface area contributed by atoms with E-state index in [1.165, 1.54) is 11.6 Å². The molecule has 1 N–H and O–H groups in total. The molecule has 21 heavy (non-hydrogen) atoms. The summed E-state index contributed by atoms with van der Waals surface area (Å²) in [5.41, 5.74) is -2.57. The van der Waals surface area contributed by atoms with Crippen molar-refractivity contribution in [2.24, 2.45) is 0 Å². The maximum absolute atomic E-state index is 13.6. The first-order valence-corrected chi connectivity index (χ1v) is 6.04. The second kappa shape index (κ2) is 4.54. The smallest absolute Gasteiger partial charge is 0.307 e. The third-order valence-corrected chi connectivity index (χ3v) is 3.06. The molecule has 2 rings (SSSR count). The molecule has 2 heterocycles. The van der Waals surface area contributed by atoms with Crippen molar-refractivity contribution in [1.82, 2.24) is 14.8 Å². The number of nitrogens with one attached hydrogen (secondary N) is 1. The topological polar surface area (TPSA) is 50.7 Å². The summed E-state index contributed by atoms with van der Waals surface area (Å²) in [6.07, 6.45) is -5.79. The van der Waals surface area contributed by atoms with Crippen LogP contribution in [0.2, 0.25) is 0 Å². The highest BCUT2D eigenvalue weighted by atomic mass is 19.4. The van der Waals surface area contributed by atoms with Gasteiger partial charge in [-0.1, -0.05) is 0 Å². The zero-order valence-electron chi connectivity index (χ0n) is 11.3. The molecule has 9 heteroatoms. The van der Waals surface area contributed by atoms with Crippen LogP contribution in [0.4, 0.5) is 22.0 Å². The van der Waals surface area contributed by atoms with E-state index >= 15 is 0 Å². The maximum atomic E-state index is 13.6. The minimum Gasteiger partial charge on any atom is -0.307 e. The van der Waals surface area contributed by atoms with Crippen LogP contribution >= 0.6 is 0 Å². The fourth-order valence-corrected chi connectivity index (χ4v) is 2.12. The predicted octanol–water partition coefficient (Wildman–Crippen LogP) is 3.27. The highest BCUT2D eigenvalue weighted by Crippen LogP contribution is 2.46. The Hall–Kier alpha value is -1.93. The Balaban J connectivity index is 2.92. The van der Waals surface area contributed by atoms with E-state index in [4.69, 9.17) is 0 Å². The minimum absolute atomic E-state index is 0.00567. The normalized spacial score (nSPS) is 13.4. The van der Waals surface area contributed by atoms with Crippen molar-refractivity contribution < 1.29 is 22.0 Å². The first-order valence-electron chi connectivity index (χ1n) is 6.04. The van der Waals surface area contributed by atoms with Crippen LogP contribution in [-0.2, 0) is 5.92 Å². The van der Waals surface area contributed by atoms with Gasteiger partial charge in [0.2, 0.25) is 5.56 Å². The molecule has 0 aliphatic rings. The van der Waals surface area contributed by atoms with E-state index in [9.17, 15) is 26.7 Å². The van der Waals surface area contributed by atoms with Crippen molar-refractivity contribution in [3.8, 4) is 0 Å². The monoisotopic (exact) mass is 309 g/mol. The molecule has 0 spiro atoms. The molecule has 0 radical (unpaired) electrons. The molecule has 116 valence electrons. The van der Waals surface area contributed by atoms with Crippen LogP contribution in [0.1, 0.15) is 31.1 Å². The Labute approximate surface area is 115 Å².